The molecule has 0 aliphatic carbocycles. The molecule has 0 unspecified atom stereocenters. The summed E-state index contributed by atoms with van der Waals surface area (Å²) in [6, 6.07) is 13.0. The number of sulfonamides is 1. The van der Waals surface area contributed by atoms with Crippen molar-refractivity contribution >= 4 is 21.8 Å². The lowest BCUT2D eigenvalue weighted by Crippen LogP contribution is -2.37. The normalized spacial score (nSPS) is 19.5. The Balaban J connectivity index is 1.37. The molecule has 0 amide bonds. The van der Waals surface area contributed by atoms with E-state index in [9.17, 15) is 40.6 Å². The first kappa shape index (κ1) is 34.4. The summed E-state index contributed by atoms with van der Waals surface area (Å²) in [5.41, 5.74) is 2.28. The van der Waals surface area contributed by atoms with Gasteiger partial charge in [0.25, 0.3) is 0 Å². The maximum absolute atomic E-state index is 12.9. The molecule has 3 N–H and O–H groups in total. The second-order valence-electron chi connectivity index (χ2n) is 11.3. The highest BCUT2D eigenvalue weighted by atomic mass is 32.2. The maximum Gasteiger partial charge on any atom is 0.453 e. The van der Waals surface area contributed by atoms with Gasteiger partial charge < -0.3 is 10.2 Å². The minimum absolute atomic E-state index is 0.127. The lowest BCUT2D eigenvalue weighted by Gasteiger charge is -2.43. The summed E-state index contributed by atoms with van der Waals surface area (Å²) in [6.45, 7) is 2.39. The molecule has 2 aromatic carbocycles. The SMILES string of the molecule is C[C@@]1(c2ccc(O)cc2)CSc2cc(O)ccc2[C@H]1CCCCCCCCCNS(=O)(=O)CCCC(F)(F)C(F)(F)F. The number of unbranched alkanes of at least 4 members (excludes halogenated alkanes) is 6. The van der Waals surface area contributed by atoms with Gasteiger partial charge in [-0.2, -0.15) is 22.0 Å². The molecule has 0 bridgehead atoms. The molecule has 0 spiro atoms. The fourth-order valence-corrected chi connectivity index (χ4v) is 8.02. The molecule has 5 nitrogen and oxygen atoms in total. The summed E-state index contributed by atoms with van der Waals surface area (Å²) in [5.74, 6) is -4.05. The Labute approximate surface area is 249 Å². The number of alkyl halides is 5. The van der Waals surface area contributed by atoms with Gasteiger partial charge in [-0.25, -0.2) is 13.1 Å². The Hall–Kier alpha value is -2.05. The van der Waals surface area contributed by atoms with E-state index >= 15 is 0 Å². The van der Waals surface area contributed by atoms with Crippen molar-refractivity contribution in [1.82, 2.24) is 4.72 Å². The molecule has 12 heteroatoms. The molecule has 1 aliphatic heterocycles. The van der Waals surface area contributed by atoms with Crippen molar-refractivity contribution in [2.45, 2.75) is 99.5 Å². The molecule has 2 aromatic rings. The van der Waals surface area contributed by atoms with E-state index in [-0.39, 0.29) is 29.4 Å². The van der Waals surface area contributed by atoms with Gasteiger partial charge in [-0.3, -0.25) is 0 Å². The molecule has 1 heterocycles. The van der Waals surface area contributed by atoms with E-state index in [4.69, 9.17) is 0 Å². The highest BCUT2D eigenvalue weighted by Gasteiger charge is 2.56. The van der Waals surface area contributed by atoms with E-state index in [1.807, 2.05) is 24.3 Å². The first-order valence-corrected chi connectivity index (χ1v) is 17.0. The lowest BCUT2D eigenvalue weighted by molar-refractivity contribution is -0.284. The standard InChI is InChI=1S/C30H40F5NO4S2/c1-28(22-11-13-23(37)14-12-22)21-41-27-20-24(38)15-16-25(27)26(28)10-7-5-3-2-4-6-8-18-36-42(39,40)19-9-17-29(31,32)30(33,34)35/h11-16,20,26,36-38H,2-10,17-19,21H2,1H3/t26-,28+/m1/s1. The quantitative estimate of drug-likeness (QED) is 0.127. The first-order valence-electron chi connectivity index (χ1n) is 14.3. The van der Waals surface area contributed by atoms with Crippen LogP contribution in [0.1, 0.15) is 88.2 Å². The Morgan fingerprint density at radius 1 is 0.881 bits per heavy atom. The molecule has 1 aliphatic rings. The van der Waals surface area contributed by atoms with Crippen molar-refractivity contribution in [1.29, 1.82) is 0 Å². The van der Waals surface area contributed by atoms with Crippen molar-refractivity contribution in [3.05, 3.63) is 53.6 Å². The lowest BCUT2D eigenvalue weighted by atomic mass is 9.68. The van der Waals surface area contributed by atoms with Crippen molar-refractivity contribution in [2.75, 3.05) is 18.1 Å². The minimum Gasteiger partial charge on any atom is -0.508 e. The number of thioether (sulfide) groups is 1. The second kappa shape index (κ2) is 14.6. The number of benzene rings is 2. The zero-order valence-electron chi connectivity index (χ0n) is 23.7. The molecule has 42 heavy (non-hydrogen) atoms. The molecule has 236 valence electrons. The van der Waals surface area contributed by atoms with Crippen LogP contribution in [0.4, 0.5) is 22.0 Å². The number of hydrogen-bond donors (Lipinski definition) is 3. The third kappa shape index (κ3) is 9.47. The summed E-state index contributed by atoms with van der Waals surface area (Å²) >= 11 is 1.74. The average Bonchev–Trinajstić information content (AvgIpc) is 2.90. The van der Waals surface area contributed by atoms with Gasteiger partial charge in [-0.05, 0) is 60.6 Å². The van der Waals surface area contributed by atoms with Crippen LogP contribution >= 0.6 is 11.8 Å². The van der Waals surface area contributed by atoms with Gasteiger partial charge >= 0.3 is 12.1 Å². The van der Waals surface area contributed by atoms with E-state index in [0.29, 0.717) is 6.42 Å². The molecular weight excluding hydrogens is 597 g/mol. The number of phenolic OH excluding ortho intramolecular Hbond substituents is 2. The zero-order chi connectivity index (χ0) is 31.0. The van der Waals surface area contributed by atoms with Gasteiger partial charge in [0.2, 0.25) is 10.0 Å². The monoisotopic (exact) mass is 637 g/mol. The minimum atomic E-state index is -5.68. The molecule has 2 atom stereocenters. The first-order chi connectivity index (χ1) is 19.6. The Bertz CT molecular complexity index is 1260. The van der Waals surface area contributed by atoms with Crippen LogP contribution in [0.3, 0.4) is 0 Å². The van der Waals surface area contributed by atoms with Crippen molar-refractivity contribution in [3.63, 3.8) is 0 Å². The van der Waals surface area contributed by atoms with Crippen LogP contribution in [0.15, 0.2) is 47.4 Å². The number of phenols is 2. The van der Waals surface area contributed by atoms with E-state index in [1.54, 1.807) is 30.0 Å². The molecule has 3 rings (SSSR count). The number of rotatable bonds is 16. The van der Waals surface area contributed by atoms with Gasteiger partial charge in [0.15, 0.2) is 0 Å². The van der Waals surface area contributed by atoms with Gasteiger partial charge in [0.05, 0.1) is 5.75 Å². The van der Waals surface area contributed by atoms with Crippen molar-refractivity contribution in [2.24, 2.45) is 0 Å². The highest BCUT2D eigenvalue weighted by molar-refractivity contribution is 7.99. The smallest absolute Gasteiger partial charge is 0.453 e. The number of aromatic hydroxyl groups is 2. The van der Waals surface area contributed by atoms with E-state index in [2.05, 4.69) is 11.6 Å². The summed E-state index contributed by atoms with van der Waals surface area (Å²) < 4.78 is 88.5. The number of fused-ring (bicyclic) bond motifs is 1. The Morgan fingerprint density at radius 2 is 1.48 bits per heavy atom. The summed E-state index contributed by atoms with van der Waals surface area (Å²) in [6.07, 6.45) is -0.695. The molecule has 0 saturated heterocycles. The summed E-state index contributed by atoms with van der Waals surface area (Å²) in [4.78, 5) is 1.10. The van der Waals surface area contributed by atoms with Crippen LogP contribution in [0.5, 0.6) is 11.5 Å². The number of hydrogen-bond acceptors (Lipinski definition) is 5. The summed E-state index contributed by atoms with van der Waals surface area (Å²) in [5, 5.41) is 19.8. The van der Waals surface area contributed by atoms with Crippen molar-refractivity contribution < 1.29 is 40.6 Å². The van der Waals surface area contributed by atoms with Crippen LogP contribution in [-0.4, -0.2) is 48.8 Å². The maximum atomic E-state index is 12.9. The summed E-state index contributed by atoms with van der Waals surface area (Å²) in [7, 11) is -3.90. The average molecular weight is 638 g/mol. The molecular formula is C30H40F5NO4S2. The fourth-order valence-electron chi connectivity index (χ4n) is 5.49. The predicted octanol–water partition coefficient (Wildman–Crippen LogP) is 8.26. The zero-order valence-corrected chi connectivity index (χ0v) is 25.4. The van der Waals surface area contributed by atoms with Crippen LogP contribution in [-0.2, 0) is 15.4 Å². The van der Waals surface area contributed by atoms with Crippen LogP contribution < -0.4 is 4.72 Å². The van der Waals surface area contributed by atoms with Crippen LogP contribution in [0.2, 0.25) is 0 Å². The molecule has 0 aromatic heterocycles. The number of halogens is 5. The van der Waals surface area contributed by atoms with Crippen LogP contribution in [0.25, 0.3) is 0 Å². The van der Waals surface area contributed by atoms with Gasteiger partial charge in [0.1, 0.15) is 11.5 Å². The third-order valence-electron chi connectivity index (χ3n) is 8.01. The second-order valence-corrected chi connectivity index (χ2v) is 14.3. The van der Waals surface area contributed by atoms with E-state index < -0.39 is 40.7 Å². The van der Waals surface area contributed by atoms with E-state index in [1.165, 1.54) is 11.1 Å². The van der Waals surface area contributed by atoms with Gasteiger partial charge in [0, 0.05) is 29.0 Å². The van der Waals surface area contributed by atoms with Gasteiger partial charge in [-0.1, -0.05) is 63.6 Å². The largest absolute Gasteiger partial charge is 0.508 e. The van der Waals surface area contributed by atoms with Gasteiger partial charge in [-0.15, -0.1) is 11.8 Å². The fraction of sp³-hybridized carbons (Fsp3) is 0.600. The van der Waals surface area contributed by atoms with Crippen LogP contribution in [0, 0.1) is 0 Å². The molecule has 0 radical (unpaired) electrons. The Kier molecular flexibility index (Phi) is 12.0. The highest BCUT2D eigenvalue weighted by Crippen LogP contribution is 2.52. The predicted molar refractivity (Wildman–Crippen MR) is 156 cm³/mol. The van der Waals surface area contributed by atoms with Crippen molar-refractivity contribution in [3.8, 4) is 11.5 Å². The Morgan fingerprint density at radius 3 is 2.12 bits per heavy atom. The topological polar surface area (TPSA) is 86.6 Å². The molecule has 0 fully saturated rings. The third-order valence-corrected chi connectivity index (χ3v) is 10.9. The molecule has 0 saturated carbocycles. The van der Waals surface area contributed by atoms with E-state index in [0.717, 1.165) is 55.6 Å². The number of nitrogens with one attached hydrogen (secondary N) is 1.